The second-order valence-electron chi connectivity index (χ2n) is 6.54. The van der Waals surface area contributed by atoms with Crippen LogP contribution < -0.4 is 14.2 Å². The Hall–Kier alpha value is -2.09. The summed E-state index contributed by atoms with van der Waals surface area (Å²) in [7, 11) is -3.54. The largest absolute Gasteiger partial charge is 0.454 e. The minimum absolute atomic E-state index is 0.0366. The Kier molecular flexibility index (Phi) is 4.84. The standard InChI is InChI=1S/C19H22N2O4S/c22-26(23,16-6-2-1-3-7-16)20-13-17(21-10-4-5-11-21)15-8-9-18-19(12-15)25-14-24-18/h1-3,6-9,12,17,20H,4-5,10-11,13-14H2. The summed E-state index contributed by atoms with van der Waals surface area (Å²) in [5.41, 5.74) is 1.03. The fraction of sp³-hybridized carbons (Fsp3) is 0.368. The minimum Gasteiger partial charge on any atom is -0.454 e. The molecule has 0 aromatic heterocycles. The van der Waals surface area contributed by atoms with Gasteiger partial charge in [0.05, 0.1) is 4.90 Å². The third kappa shape index (κ3) is 3.56. The molecule has 0 spiro atoms. The highest BCUT2D eigenvalue weighted by Gasteiger charge is 2.27. The number of hydrogen-bond donors (Lipinski definition) is 1. The highest BCUT2D eigenvalue weighted by molar-refractivity contribution is 7.89. The molecule has 2 aliphatic rings. The highest BCUT2D eigenvalue weighted by atomic mass is 32.2. The van der Waals surface area contributed by atoms with Crippen LogP contribution in [0.5, 0.6) is 11.5 Å². The summed E-state index contributed by atoms with van der Waals surface area (Å²) in [4.78, 5) is 2.61. The van der Waals surface area contributed by atoms with Crippen molar-refractivity contribution >= 4 is 10.0 Å². The van der Waals surface area contributed by atoms with Gasteiger partial charge in [-0.1, -0.05) is 24.3 Å². The number of rotatable bonds is 6. The molecule has 0 aliphatic carbocycles. The molecule has 0 bridgehead atoms. The second-order valence-corrected chi connectivity index (χ2v) is 8.30. The molecular formula is C19H22N2O4S. The predicted molar refractivity (Wildman–Crippen MR) is 97.7 cm³/mol. The minimum atomic E-state index is -3.54. The van der Waals surface area contributed by atoms with Gasteiger partial charge in [0, 0.05) is 12.6 Å². The van der Waals surface area contributed by atoms with E-state index in [0.717, 1.165) is 43.0 Å². The van der Waals surface area contributed by atoms with E-state index in [1.807, 2.05) is 18.2 Å². The summed E-state index contributed by atoms with van der Waals surface area (Å²) in [5, 5.41) is 0. The van der Waals surface area contributed by atoms with E-state index in [4.69, 9.17) is 9.47 Å². The van der Waals surface area contributed by atoms with Gasteiger partial charge in [0.2, 0.25) is 16.8 Å². The molecule has 2 aromatic carbocycles. The lowest BCUT2D eigenvalue weighted by Crippen LogP contribution is -2.36. The smallest absolute Gasteiger partial charge is 0.240 e. The Morgan fingerprint density at radius 1 is 1.00 bits per heavy atom. The van der Waals surface area contributed by atoms with Crippen LogP contribution in [-0.4, -0.2) is 39.7 Å². The predicted octanol–water partition coefficient (Wildman–Crippen LogP) is 2.53. The summed E-state index contributed by atoms with van der Waals surface area (Å²) >= 11 is 0. The monoisotopic (exact) mass is 374 g/mol. The SMILES string of the molecule is O=S(=O)(NCC(c1ccc2c(c1)OCO2)N1CCCC1)c1ccccc1. The van der Waals surface area contributed by atoms with E-state index in [0.29, 0.717) is 6.54 Å². The first-order valence-corrected chi connectivity index (χ1v) is 10.3. The van der Waals surface area contributed by atoms with Crippen LogP contribution >= 0.6 is 0 Å². The number of nitrogens with one attached hydrogen (secondary N) is 1. The van der Waals surface area contributed by atoms with Crippen molar-refractivity contribution in [3.8, 4) is 11.5 Å². The third-order valence-corrected chi connectivity index (χ3v) is 6.32. The Balaban J connectivity index is 1.56. The van der Waals surface area contributed by atoms with E-state index in [1.165, 1.54) is 0 Å². The van der Waals surface area contributed by atoms with Crippen molar-refractivity contribution in [2.24, 2.45) is 0 Å². The zero-order chi connectivity index (χ0) is 18.0. The van der Waals surface area contributed by atoms with Crippen molar-refractivity contribution in [2.75, 3.05) is 26.4 Å². The molecule has 4 rings (SSSR count). The van der Waals surface area contributed by atoms with Gasteiger partial charge >= 0.3 is 0 Å². The number of sulfonamides is 1. The molecule has 1 N–H and O–H groups in total. The second kappa shape index (κ2) is 7.26. The van der Waals surface area contributed by atoms with Crippen molar-refractivity contribution < 1.29 is 17.9 Å². The molecule has 1 atom stereocenters. The van der Waals surface area contributed by atoms with Crippen LogP contribution in [0, 0.1) is 0 Å². The van der Waals surface area contributed by atoms with E-state index < -0.39 is 10.0 Å². The average molecular weight is 374 g/mol. The van der Waals surface area contributed by atoms with Gasteiger partial charge in [-0.3, -0.25) is 4.90 Å². The molecule has 26 heavy (non-hydrogen) atoms. The third-order valence-electron chi connectivity index (χ3n) is 4.88. The topological polar surface area (TPSA) is 67.9 Å². The van der Waals surface area contributed by atoms with E-state index in [-0.39, 0.29) is 17.7 Å². The van der Waals surface area contributed by atoms with Crippen molar-refractivity contribution in [1.29, 1.82) is 0 Å². The Morgan fingerprint density at radius 3 is 2.50 bits per heavy atom. The van der Waals surface area contributed by atoms with Crippen LogP contribution in [-0.2, 0) is 10.0 Å². The normalized spacial score (nSPS) is 18.2. The molecule has 0 saturated carbocycles. The van der Waals surface area contributed by atoms with Gasteiger partial charge in [0.1, 0.15) is 0 Å². The van der Waals surface area contributed by atoms with E-state index in [9.17, 15) is 8.42 Å². The van der Waals surface area contributed by atoms with Gasteiger partial charge in [-0.05, 0) is 55.8 Å². The van der Waals surface area contributed by atoms with Gasteiger partial charge in [-0.15, -0.1) is 0 Å². The molecular weight excluding hydrogens is 352 g/mol. The number of nitrogens with zero attached hydrogens (tertiary/aromatic N) is 1. The van der Waals surface area contributed by atoms with E-state index >= 15 is 0 Å². The zero-order valence-corrected chi connectivity index (χ0v) is 15.2. The molecule has 0 amide bonds. The summed E-state index contributed by atoms with van der Waals surface area (Å²) in [6.45, 7) is 2.48. The number of benzene rings is 2. The highest BCUT2D eigenvalue weighted by Crippen LogP contribution is 2.36. The van der Waals surface area contributed by atoms with Crippen LogP contribution in [0.4, 0.5) is 0 Å². The van der Waals surface area contributed by atoms with Crippen molar-refractivity contribution in [3.63, 3.8) is 0 Å². The Morgan fingerprint density at radius 2 is 1.73 bits per heavy atom. The first kappa shape index (κ1) is 17.3. The number of likely N-dealkylation sites (tertiary alicyclic amines) is 1. The number of fused-ring (bicyclic) bond motifs is 1. The molecule has 138 valence electrons. The van der Waals surface area contributed by atoms with Crippen LogP contribution in [0.1, 0.15) is 24.4 Å². The fourth-order valence-electron chi connectivity index (χ4n) is 3.50. The molecule has 2 aliphatic heterocycles. The van der Waals surface area contributed by atoms with Gasteiger partial charge in [-0.2, -0.15) is 0 Å². The summed E-state index contributed by atoms with van der Waals surface area (Å²) in [6, 6.07) is 14.3. The van der Waals surface area contributed by atoms with Crippen molar-refractivity contribution in [3.05, 3.63) is 54.1 Å². The average Bonchev–Trinajstić information content (AvgIpc) is 3.34. The summed E-state index contributed by atoms with van der Waals surface area (Å²) in [5.74, 6) is 1.46. The molecule has 1 unspecified atom stereocenters. The maximum absolute atomic E-state index is 12.6. The lowest BCUT2D eigenvalue weighted by atomic mass is 10.1. The molecule has 0 radical (unpaired) electrons. The van der Waals surface area contributed by atoms with Crippen LogP contribution in [0.15, 0.2) is 53.4 Å². The Bertz CT molecular complexity index is 864. The van der Waals surface area contributed by atoms with Crippen LogP contribution in [0.25, 0.3) is 0 Å². The summed E-state index contributed by atoms with van der Waals surface area (Å²) in [6.07, 6.45) is 2.26. The first-order valence-electron chi connectivity index (χ1n) is 8.82. The molecule has 1 fully saturated rings. The Labute approximate surface area is 153 Å². The number of ether oxygens (including phenoxy) is 2. The van der Waals surface area contributed by atoms with Crippen LogP contribution in [0.2, 0.25) is 0 Å². The molecule has 7 heteroatoms. The van der Waals surface area contributed by atoms with Gasteiger partial charge in [0.25, 0.3) is 0 Å². The van der Waals surface area contributed by atoms with Crippen molar-refractivity contribution in [1.82, 2.24) is 9.62 Å². The van der Waals surface area contributed by atoms with E-state index in [1.54, 1.807) is 30.3 Å². The molecule has 6 nitrogen and oxygen atoms in total. The summed E-state index contributed by atoms with van der Waals surface area (Å²) < 4.78 is 38.8. The zero-order valence-electron chi connectivity index (χ0n) is 14.4. The van der Waals surface area contributed by atoms with Gasteiger partial charge in [-0.25, -0.2) is 13.1 Å². The lowest BCUT2D eigenvalue weighted by molar-refractivity contribution is 0.173. The van der Waals surface area contributed by atoms with Crippen LogP contribution in [0.3, 0.4) is 0 Å². The quantitative estimate of drug-likeness (QED) is 0.842. The van der Waals surface area contributed by atoms with Crippen molar-refractivity contribution in [2.45, 2.75) is 23.8 Å². The van der Waals surface area contributed by atoms with Gasteiger partial charge in [0.15, 0.2) is 11.5 Å². The first-order chi connectivity index (χ1) is 12.6. The maximum Gasteiger partial charge on any atom is 0.240 e. The van der Waals surface area contributed by atoms with E-state index in [2.05, 4.69) is 9.62 Å². The molecule has 2 heterocycles. The van der Waals surface area contributed by atoms with Gasteiger partial charge < -0.3 is 9.47 Å². The molecule has 2 aromatic rings. The fourth-order valence-corrected chi connectivity index (χ4v) is 4.56. The maximum atomic E-state index is 12.6. The lowest BCUT2D eigenvalue weighted by Gasteiger charge is -2.28. The number of hydrogen-bond acceptors (Lipinski definition) is 5. The molecule has 1 saturated heterocycles.